The average molecular weight is 254 g/mol. The lowest BCUT2D eigenvalue weighted by Gasteiger charge is -2.27. The van der Waals surface area contributed by atoms with E-state index >= 15 is 0 Å². The maximum atomic E-state index is 5.68. The van der Waals surface area contributed by atoms with Crippen LogP contribution in [0.15, 0.2) is 0 Å². The van der Waals surface area contributed by atoms with Crippen LogP contribution < -0.4 is 5.32 Å². The lowest BCUT2D eigenvalue weighted by Crippen LogP contribution is -2.44. The van der Waals surface area contributed by atoms with Gasteiger partial charge in [-0.1, -0.05) is 6.92 Å². The SMILES string of the molecule is CCCn1nnnc1CN(C)CC1CNCCO1. The Morgan fingerprint density at radius 2 is 2.44 bits per heavy atom. The van der Waals surface area contributed by atoms with Crippen molar-refractivity contribution in [2.45, 2.75) is 32.5 Å². The van der Waals surface area contributed by atoms with Gasteiger partial charge in [-0.3, -0.25) is 4.90 Å². The standard InChI is InChI=1S/C11H22N6O/c1-3-5-17-11(13-14-15-17)9-16(2)8-10-7-12-4-6-18-10/h10,12H,3-9H2,1-2H3. The molecule has 0 bridgehead atoms. The number of nitrogens with one attached hydrogen (secondary N) is 1. The molecule has 1 aromatic rings. The molecule has 2 rings (SSSR count). The van der Waals surface area contributed by atoms with Gasteiger partial charge in [0, 0.05) is 26.2 Å². The van der Waals surface area contributed by atoms with Crippen molar-refractivity contribution in [1.29, 1.82) is 0 Å². The first-order valence-electron chi connectivity index (χ1n) is 6.55. The number of likely N-dealkylation sites (N-methyl/N-ethyl adjacent to an activating group) is 1. The molecule has 1 aromatic heterocycles. The minimum atomic E-state index is 0.263. The second-order valence-corrected chi connectivity index (χ2v) is 4.71. The van der Waals surface area contributed by atoms with E-state index in [1.165, 1.54) is 0 Å². The lowest BCUT2D eigenvalue weighted by atomic mass is 10.3. The summed E-state index contributed by atoms with van der Waals surface area (Å²) in [6, 6.07) is 0. The molecule has 1 fully saturated rings. The Morgan fingerprint density at radius 1 is 1.56 bits per heavy atom. The molecule has 1 aliphatic heterocycles. The van der Waals surface area contributed by atoms with E-state index in [9.17, 15) is 0 Å². The Hall–Kier alpha value is -1.05. The van der Waals surface area contributed by atoms with Crippen molar-refractivity contribution in [3.63, 3.8) is 0 Å². The first-order valence-corrected chi connectivity index (χ1v) is 6.55. The number of aryl methyl sites for hydroxylation is 1. The molecule has 1 N–H and O–H groups in total. The van der Waals surface area contributed by atoms with Crippen molar-refractivity contribution in [2.24, 2.45) is 0 Å². The third kappa shape index (κ3) is 3.72. The Morgan fingerprint density at radius 3 is 3.17 bits per heavy atom. The summed E-state index contributed by atoms with van der Waals surface area (Å²) < 4.78 is 7.55. The minimum absolute atomic E-state index is 0.263. The van der Waals surface area contributed by atoms with Gasteiger partial charge in [-0.2, -0.15) is 0 Å². The Balaban J connectivity index is 1.82. The van der Waals surface area contributed by atoms with Crippen LogP contribution in [0.2, 0.25) is 0 Å². The van der Waals surface area contributed by atoms with Crippen LogP contribution in [0.25, 0.3) is 0 Å². The molecule has 1 atom stereocenters. The second kappa shape index (κ2) is 6.77. The molecule has 18 heavy (non-hydrogen) atoms. The summed E-state index contributed by atoms with van der Waals surface area (Å²) in [6.45, 7) is 7.32. The summed E-state index contributed by atoms with van der Waals surface area (Å²) in [5.41, 5.74) is 0. The monoisotopic (exact) mass is 254 g/mol. The van der Waals surface area contributed by atoms with Crippen LogP contribution in [0.4, 0.5) is 0 Å². The van der Waals surface area contributed by atoms with Crippen LogP contribution >= 0.6 is 0 Å². The molecule has 0 aliphatic carbocycles. The minimum Gasteiger partial charge on any atom is -0.374 e. The number of hydrogen-bond acceptors (Lipinski definition) is 6. The van der Waals surface area contributed by atoms with Crippen molar-refractivity contribution in [1.82, 2.24) is 30.4 Å². The van der Waals surface area contributed by atoms with E-state index < -0.39 is 0 Å². The summed E-state index contributed by atoms with van der Waals surface area (Å²) in [4.78, 5) is 2.20. The van der Waals surface area contributed by atoms with E-state index in [0.29, 0.717) is 0 Å². The Bertz CT molecular complexity index is 349. The maximum absolute atomic E-state index is 5.68. The second-order valence-electron chi connectivity index (χ2n) is 4.71. The van der Waals surface area contributed by atoms with Crippen LogP contribution in [-0.4, -0.2) is 64.5 Å². The highest BCUT2D eigenvalue weighted by atomic mass is 16.5. The summed E-state index contributed by atoms with van der Waals surface area (Å²) in [5, 5.41) is 15.1. The molecular weight excluding hydrogens is 232 g/mol. The zero-order valence-corrected chi connectivity index (χ0v) is 11.2. The molecule has 7 heteroatoms. The van der Waals surface area contributed by atoms with Gasteiger partial charge in [0.15, 0.2) is 5.82 Å². The number of aromatic nitrogens is 4. The first-order chi connectivity index (χ1) is 8.79. The van der Waals surface area contributed by atoms with Gasteiger partial charge in [-0.15, -0.1) is 5.10 Å². The topological polar surface area (TPSA) is 68.1 Å². The van der Waals surface area contributed by atoms with Gasteiger partial charge in [0.25, 0.3) is 0 Å². The Labute approximate surface area is 107 Å². The van der Waals surface area contributed by atoms with E-state index in [2.05, 4.69) is 39.7 Å². The highest BCUT2D eigenvalue weighted by Gasteiger charge is 2.17. The predicted octanol–water partition coefficient (Wildman–Crippen LogP) is -0.497. The molecule has 1 aliphatic rings. The molecule has 0 spiro atoms. The molecule has 7 nitrogen and oxygen atoms in total. The number of nitrogens with zero attached hydrogens (tertiary/aromatic N) is 5. The van der Waals surface area contributed by atoms with Crippen LogP contribution in [0.1, 0.15) is 19.2 Å². The molecule has 0 saturated carbocycles. The lowest BCUT2D eigenvalue weighted by molar-refractivity contribution is 0.00829. The highest BCUT2D eigenvalue weighted by molar-refractivity contribution is 4.81. The van der Waals surface area contributed by atoms with Gasteiger partial charge >= 0.3 is 0 Å². The fraction of sp³-hybridized carbons (Fsp3) is 0.909. The van der Waals surface area contributed by atoms with Crippen LogP contribution in [0.5, 0.6) is 0 Å². The summed E-state index contributed by atoms with van der Waals surface area (Å²) in [5.74, 6) is 0.920. The molecule has 0 aromatic carbocycles. The van der Waals surface area contributed by atoms with Gasteiger partial charge in [0.1, 0.15) is 0 Å². The zero-order chi connectivity index (χ0) is 12.8. The largest absolute Gasteiger partial charge is 0.374 e. The van der Waals surface area contributed by atoms with Crippen molar-refractivity contribution >= 4 is 0 Å². The predicted molar refractivity (Wildman–Crippen MR) is 67.1 cm³/mol. The zero-order valence-electron chi connectivity index (χ0n) is 11.2. The molecule has 0 amide bonds. The molecule has 102 valence electrons. The van der Waals surface area contributed by atoms with Crippen molar-refractivity contribution in [3.8, 4) is 0 Å². The number of rotatable bonds is 6. The quantitative estimate of drug-likeness (QED) is 0.738. The summed E-state index contributed by atoms with van der Waals surface area (Å²) >= 11 is 0. The van der Waals surface area contributed by atoms with E-state index in [4.69, 9.17) is 4.74 Å². The molecule has 1 saturated heterocycles. The van der Waals surface area contributed by atoms with Gasteiger partial charge in [-0.05, 0) is 23.9 Å². The van der Waals surface area contributed by atoms with Crippen molar-refractivity contribution < 1.29 is 4.74 Å². The van der Waals surface area contributed by atoms with Crippen LogP contribution in [0.3, 0.4) is 0 Å². The highest BCUT2D eigenvalue weighted by Crippen LogP contribution is 2.03. The summed E-state index contributed by atoms with van der Waals surface area (Å²) in [6.07, 6.45) is 1.30. The third-order valence-corrected chi connectivity index (χ3v) is 2.97. The molecule has 0 radical (unpaired) electrons. The maximum Gasteiger partial charge on any atom is 0.165 e. The third-order valence-electron chi connectivity index (χ3n) is 2.97. The Kier molecular flexibility index (Phi) is 5.03. The van der Waals surface area contributed by atoms with E-state index in [1.807, 2.05) is 4.68 Å². The van der Waals surface area contributed by atoms with Gasteiger partial charge in [0.05, 0.1) is 19.3 Å². The van der Waals surface area contributed by atoms with Crippen molar-refractivity contribution in [2.75, 3.05) is 33.3 Å². The smallest absolute Gasteiger partial charge is 0.165 e. The molecule has 2 heterocycles. The number of tetrazole rings is 1. The number of morpholine rings is 1. The fourth-order valence-corrected chi connectivity index (χ4v) is 2.11. The normalized spacial score (nSPS) is 20.5. The summed E-state index contributed by atoms with van der Waals surface area (Å²) in [7, 11) is 2.07. The first kappa shape index (κ1) is 13.4. The van der Waals surface area contributed by atoms with Gasteiger partial charge in [0.2, 0.25) is 0 Å². The van der Waals surface area contributed by atoms with E-state index in [-0.39, 0.29) is 6.10 Å². The molecule has 1 unspecified atom stereocenters. The molecular formula is C11H22N6O. The van der Waals surface area contributed by atoms with Gasteiger partial charge < -0.3 is 10.1 Å². The van der Waals surface area contributed by atoms with Crippen LogP contribution in [0, 0.1) is 0 Å². The number of hydrogen-bond donors (Lipinski definition) is 1. The van der Waals surface area contributed by atoms with Crippen molar-refractivity contribution in [3.05, 3.63) is 5.82 Å². The van der Waals surface area contributed by atoms with E-state index in [1.54, 1.807) is 0 Å². The fourth-order valence-electron chi connectivity index (χ4n) is 2.11. The van der Waals surface area contributed by atoms with E-state index in [0.717, 1.165) is 51.6 Å². The van der Waals surface area contributed by atoms with Gasteiger partial charge in [-0.25, -0.2) is 4.68 Å². The number of ether oxygens (including phenoxy) is 1. The van der Waals surface area contributed by atoms with Crippen LogP contribution in [-0.2, 0) is 17.8 Å². The average Bonchev–Trinajstić information content (AvgIpc) is 2.78.